The van der Waals surface area contributed by atoms with Gasteiger partial charge in [0, 0.05) is 20.8 Å². The highest BCUT2D eigenvalue weighted by Gasteiger charge is 2.14. The summed E-state index contributed by atoms with van der Waals surface area (Å²) in [6, 6.07) is 23.5. The average molecular weight is 586 g/mol. The Hall–Kier alpha value is -3.15. The van der Waals surface area contributed by atoms with Crippen LogP contribution in [-0.2, 0) is 17.1 Å². The molecule has 0 atom stereocenters. The number of hydrogen-bond acceptors (Lipinski definition) is 8. The van der Waals surface area contributed by atoms with Gasteiger partial charge in [0.1, 0.15) is 5.75 Å². The van der Waals surface area contributed by atoms with E-state index in [-0.39, 0.29) is 11.7 Å². The molecule has 0 saturated heterocycles. The maximum atomic E-state index is 12.7. The standard InChI is InChI=1S/C25H25BrN6O2S2/c1-34-20-11-9-19(10-12-20)28-14-23-30-31-25(32(23)27)36-16-24(33)29-21-7-2-3-8-22(21)35-15-17-5-4-6-18(26)13-17/h2-13,28H,14-16,27H2,1H3,(H,29,33). The molecule has 4 rings (SSSR count). The predicted molar refractivity (Wildman–Crippen MR) is 150 cm³/mol. The molecule has 0 aliphatic heterocycles. The van der Waals surface area contributed by atoms with Crippen LogP contribution >= 0.6 is 39.5 Å². The van der Waals surface area contributed by atoms with Gasteiger partial charge in [-0.3, -0.25) is 4.79 Å². The van der Waals surface area contributed by atoms with Gasteiger partial charge in [0.25, 0.3) is 0 Å². The van der Waals surface area contributed by atoms with Crippen molar-refractivity contribution in [3.63, 3.8) is 0 Å². The lowest BCUT2D eigenvalue weighted by Gasteiger charge is -2.11. The molecule has 11 heteroatoms. The first-order chi connectivity index (χ1) is 17.5. The third-order valence-electron chi connectivity index (χ3n) is 5.05. The molecule has 1 aromatic heterocycles. The predicted octanol–water partition coefficient (Wildman–Crippen LogP) is 5.40. The van der Waals surface area contributed by atoms with E-state index in [1.54, 1.807) is 18.9 Å². The Morgan fingerprint density at radius 1 is 1.06 bits per heavy atom. The first-order valence-corrected chi connectivity index (χ1v) is 13.7. The van der Waals surface area contributed by atoms with Crippen LogP contribution in [0.2, 0.25) is 0 Å². The van der Waals surface area contributed by atoms with Crippen molar-refractivity contribution in [3.8, 4) is 5.75 Å². The van der Waals surface area contributed by atoms with Gasteiger partial charge < -0.3 is 21.2 Å². The number of carbonyl (C=O) groups is 1. The number of para-hydroxylation sites is 1. The minimum absolute atomic E-state index is 0.142. The molecule has 1 amide bonds. The monoisotopic (exact) mass is 584 g/mol. The van der Waals surface area contributed by atoms with Gasteiger partial charge in [0.2, 0.25) is 11.1 Å². The number of benzene rings is 3. The topological polar surface area (TPSA) is 107 Å². The molecule has 8 nitrogen and oxygen atoms in total. The lowest BCUT2D eigenvalue weighted by atomic mass is 10.2. The number of aromatic nitrogens is 3. The molecule has 186 valence electrons. The van der Waals surface area contributed by atoms with Crippen LogP contribution in [0.15, 0.2) is 87.3 Å². The van der Waals surface area contributed by atoms with Crippen molar-refractivity contribution < 1.29 is 9.53 Å². The summed E-state index contributed by atoms with van der Waals surface area (Å²) in [6.07, 6.45) is 0. The van der Waals surface area contributed by atoms with E-state index in [0.29, 0.717) is 17.5 Å². The molecule has 0 fully saturated rings. The number of nitrogen functional groups attached to an aromatic ring is 1. The van der Waals surface area contributed by atoms with Gasteiger partial charge in [-0.05, 0) is 54.1 Å². The molecule has 0 saturated carbocycles. The van der Waals surface area contributed by atoms with Gasteiger partial charge in [-0.15, -0.1) is 22.0 Å². The summed E-state index contributed by atoms with van der Waals surface area (Å²) in [4.78, 5) is 13.7. The van der Waals surface area contributed by atoms with E-state index in [4.69, 9.17) is 10.6 Å². The summed E-state index contributed by atoms with van der Waals surface area (Å²) in [5, 5.41) is 15.0. The number of amides is 1. The molecule has 1 heterocycles. The van der Waals surface area contributed by atoms with Gasteiger partial charge in [0.15, 0.2) is 5.82 Å². The molecule has 0 spiro atoms. The van der Waals surface area contributed by atoms with Crippen molar-refractivity contribution in [1.82, 2.24) is 14.9 Å². The van der Waals surface area contributed by atoms with Crippen molar-refractivity contribution in [2.45, 2.75) is 22.3 Å². The summed E-state index contributed by atoms with van der Waals surface area (Å²) in [6.45, 7) is 0.394. The zero-order valence-corrected chi connectivity index (χ0v) is 22.7. The summed E-state index contributed by atoms with van der Waals surface area (Å²) in [5.74, 6) is 8.31. The Morgan fingerprint density at radius 3 is 2.64 bits per heavy atom. The fraction of sp³-hybridized carbons (Fsp3) is 0.160. The second kappa shape index (κ2) is 12.7. The van der Waals surface area contributed by atoms with Crippen LogP contribution in [-0.4, -0.2) is 33.6 Å². The number of methoxy groups -OCH3 is 1. The van der Waals surface area contributed by atoms with Crippen molar-refractivity contribution >= 4 is 56.7 Å². The Balaban J connectivity index is 1.29. The van der Waals surface area contributed by atoms with E-state index in [1.807, 2.05) is 60.7 Å². The zero-order chi connectivity index (χ0) is 25.3. The molecule has 4 aromatic rings. The minimum Gasteiger partial charge on any atom is -0.497 e. The first kappa shape index (κ1) is 25.9. The smallest absolute Gasteiger partial charge is 0.234 e. The highest BCUT2D eigenvalue weighted by atomic mass is 79.9. The largest absolute Gasteiger partial charge is 0.497 e. The molecular formula is C25H25BrN6O2S2. The number of halogens is 1. The van der Waals surface area contributed by atoms with E-state index in [1.165, 1.54) is 22.0 Å². The third-order valence-corrected chi connectivity index (χ3v) is 7.63. The van der Waals surface area contributed by atoms with E-state index < -0.39 is 0 Å². The average Bonchev–Trinajstić information content (AvgIpc) is 3.25. The van der Waals surface area contributed by atoms with Crippen LogP contribution in [0.1, 0.15) is 11.4 Å². The number of anilines is 2. The molecule has 36 heavy (non-hydrogen) atoms. The molecule has 0 radical (unpaired) electrons. The number of nitrogens with two attached hydrogens (primary N) is 1. The van der Waals surface area contributed by atoms with E-state index in [2.05, 4.69) is 48.9 Å². The minimum atomic E-state index is -0.142. The Kier molecular flexibility index (Phi) is 9.15. The maximum Gasteiger partial charge on any atom is 0.234 e. The fourth-order valence-electron chi connectivity index (χ4n) is 3.22. The molecule has 0 aliphatic carbocycles. The number of nitrogens with zero attached hydrogens (tertiary/aromatic N) is 3. The highest BCUT2D eigenvalue weighted by molar-refractivity contribution is 9.10. The molecule has 0 aliphatic rings. The van der Waals surface area contributed by atoms with Gasteiger partial charge in [-0.25, -0.2) is 4.68 Å². The van der Waals surface area contributed by atoms with Crippen LogP contribution in [0.3, 0.4) is 0 Å². The van der Waals surface area contributed by atoms with Crippen LogP contribution in [0, 0.1) is 0 Å². The van der Waals surface area contributed by atoms with Crippen LogP contribution in [0.25, 0.3) is 0 Å². The van der Waals surface area contributed by atoms with E-state index in [9.17, 15) is 4.79 Å². The molecular weight excluding hydrogens is 560 g/mol. The second-order valence-corrected chi connectivity index (χ2v) is 10.5. The number of hydrogen-bond donors (Lipinski definition) is 3. The number of thioether (sulfide) groups is 2. The lowest BCUT2D eigenvalue weighted by molar-refractivity contribution is -0.113. The SMILES string of the molecule is COc1ccc(NCc2nnc(SCC(=O)Nc3ccccc3SCc3cccc(Br)c3)n2N)cc1. The molecule has 4 N–H and O–H groups in total. The van der Waals surface area contributed by atoms with Crippen molar-refractivity contribution in [2.24, 2.45) is 0 Å². The Bertz CT molecular complexity index is 1320. The maximum absolute atomic E-state index is 12.7. The number of rotatable bonds is 11. The van der Waals surface area contributed by atoms with E-state index >= 15 is 0 Å². The zero-order valence-electron chi connectivity index (χ0n) is 19.5. The Labute approximate surface area is 226 Å². The van der Waals surface area contributed by atoms with Crippen LogP contribution in [0.4, 0.5) is 11.4 Å². The molecule has 0 unspecified atom stereocenters. The number of nitrogens with one attached hydrogen (secondary N) is 2. The lowest BCUT2D eigenvalue weighted by Crippen LogP contribution is -2.18. The van der Waals surface area contributed by atoms with Gasteiger partial charge in [-0.2, -0.15) is 0 Å². The van der Waals surface area contributed by atoms with Crippen molar-refractivity contribution in [3.05, 3.63) is 88.7 Å². The normalized spacial score (nSPS) is 10.7. The second-order valence-electron chi connectivity index (χ2n) is 7.60. The Morgan fingerprint density at radius 2 is 1.86 bits per heavy atom. The van der Waals surface area contributed by atoms with Crippen LogP contribution < -0.4 is 21.2 Å². The highest BCUT2D eigenvalue weighted by Crippen LogP contribution is 2.30. The van der Waals surface area contributed by atoms with Gasteiger partial charge >= 0.3 is 0 Å². The first-order valence-electron chi connectivity index (χ1n) is 11.0. The summed E-state index contributed by atoms with van der Waals surface area (Å²) < 4.78 is 7.61. The van der Waals surface area contributed by atoms with Crippen LogP contribution in [0.5, 0.6) is 5.75 Å². The van der Waals surface area contributed by atoms with E-state index in [0.717, 1.165) is 32.2 Å². The van der Waals surface area contributed by atoms with Crippen molar-refractivity contribution in [2.75, 3.05) is 29.3 Å². The summed E-state index contributed by atoms with van der Waals surface area (Å²) >= 11 is 6.42. The quantitative estimate of drug-likeness (QED) is 0.159. The van der Waals surface area contributed by atoms with Crippen molar-refractivity contribution in [1.29, 1.82) is 0 Å². The third kappa shape index (κ3) is 7.19. The fourth-order valence-corrected chi connectivity index (χ4v) is 5.29. The number of ether oxygens (including phenoxy) is 1. The van der Waals surface area contributed by atoms with Gasteiger partial charge in [0.05, 0.1) is 25.1 Å². The number of carbonyl (C=O) groups excluding carboxylic acids is 1. The molecule has 3 aromatic carbocycles. The molecule has 0 bridgehead atoms. The van der Waals surface area contributed by atoms with Gasteiger partial charge in [-0.1, -0.05) is 52.0 Å². The summed E-state index contributed by atoms with van der Waals surface area (Å²) in [7, 11) is 1.63. The summed E-state index contributed by atoms with van der Waals surface area (Å²) in [5.41, 5.74) is 2.89.